The largest absolute Gasteiger partial charge is 0.466 e. The quantitative estimate of drug-likeness (QED) is 0.192. The molecule has 1 unspecified atom stereocenters. The number of ether oxygens (including phenoxy) is 1. The molecule has 1 fully saturated rings. The van der Waals surface area contributed by atoms with Crippen LogP contribution in [0.5, 0.6) is 0 Å². The smallest absolute Gasteiger partial charge is 0.310 e. The number of aliphatic imine (C=N–C) groups is 1. The summed E-state index contributed by atoms with van der Waals surface area (Å²) >= 11 is 0. The molecule has 27 heavy (non-hydrogen) atoms. The number of unbranched alkanes of at least 4 members (excludes halogenated alkanes) is 1. The number of carbonyl (C=O) groups excluding carboxylic acids is 1. The molecule has 1 aliphatic rings. The molecule has 2 N–H and O–H groups in total. The van der Waals surface area contributed by atoms with Crippen LogP contribution in [0.15, 0.2) is 29.4 Å². The molecule has 1 aromatic heterocycles. The van der Waals surface area contributed by atoms with Crippen molar-refractivity contribution in [3.8, 4) is 0 Å². The maximum atomic E-state index is 12.0. The van der Waals surface area contributed by atoms with E-state index in [4.69, 9.17) is 4.74 Å². The normalized spacial score (nSPS) is 17.0. The predicted octanol–water partition coefficient (Wildman–Crippen LogP) is 2.74. The minimum atomic E-state index is -0.0896. The van der Waals surface area contributed by atoms with Crippen LogP contribution < -0.4 is 10.6 Å². The number of guanidine groups is 1. The molecule has 0 aromatic carbocycles. The van der Waals surface area contributed by atoms with Gasteiger partial charge in [-0.15, -0.1) is 24.0 Å². The topological polar surface area (TPSA) is 78.8 Å². The fraction of sp³-hybridized carbons (Fsp3) is 0.632. The van der Waals surface area contributed by atoms with Gasteiger partial charge in [0, 0.05) is 39.4 Å². The van der Waals surface area contributed by atoms with Gasteiger partial charge in [0.1, 0.15) is 5.82 Å². The second-order valence-corrected chi connectivity index (χ2v) is 6.36. The van der Waals surface area contributed by atoms with E-state index in [-0.39, 0.29) is 35.9 Å². The van der Waals surface area contributed by atoms with Crippen LogP contribution in [0.2, 0.25) is 0 Å². The Kier molecular flexibility index (Phi) is 11.8. The highest BCUT2D eigenvalue weighted by atomic mass is 127. The molecule has 0 saturated carbocycles. The lowest BCUT2D eigenvalue weighted by Gasteiger charge is -2.34. The van der Waals surface area contributed by atoms with E-state index in [2.05, 4.69) is 25.5 Å². The van der Waals surface area contributed by atoms with Gasteiger partial charge in [-0.2, -0.15) is 0 Å². The van der Waals surface area contributed by atoms with Crippen LogP contribution in [-0.2, 0) is 9.53 Å². The Balaban J connectivity index is 0.00000364. The van der Waals surface area contributed by atoms with Crippen LogP contribution in [0.1, 0.15) is 32.6 Å². The average molecular weight is 489 g/mol. The van der Waals surface area contributed by atoms with Crippen LogP contribution in [0.3, 0.4) is 0 Å². The third-order valence-corrected chi connectivity index (χ3v) is 4.41. The van der Waals surface area contributed by atoms with E-state index in [0.717, 1.165) is 57.1 Å². The summed E-state index contributed by atoms with van der Waals surface area (Å²) in [6.07, 6.45) is 5.75. The van der Waals surface area contributed by atoms with Crippen LogP contribution >= 0.6 is 24.0 Å². The van der Waals surface area contributed by atoms with E-state index in [1.165, 1.54) is 0 Å². The molecular weight excluding hydrogens is 457 g/mol. The molecule has 0 radical (unpaired) electrons. The van der Waals surface area contributed by atoms with E-state index in [0.29, 0.717) is 13.2 Å². The number of piperidine rings is 1. The van der Waals surface area contributed by atoms with Crippen molar-refractivity contribution >= 4 is 41.7 Å². The summed E-state index contributed by atoms with van der Waals surface area (Å²) in [5.41, 5.74) is 0. The first-order valence-corrected chi connectivity index (χ1v) is 9.51. The first-order valence-electron chi connectivity index (χ1n) is 9.51. The lowest BCUT2D eigenvalue weighted by molar-refractivity contribution is -0.149. The van der Waals surface area contributed by atoms with E-state index in [9.17, 15) is 4.79 Å². The Hall–Kier alpha value is -1.58. The van der Waals surface area contributed by atoms with Gasteiger partial charge < -0.3 is 20.3 Å². The molecular formula is C19H32IN5O2. The number of halogens is 1. The van der Waals surface area contributed by atoms with Gasteiger partial charge in [0.15, 0.2) is 5.96 Å². The summed E-state index contributed by atoms with van der Waals surface area (Å²) in [4.78, 5) is 22.8. The molecule has 0 bridgehead atoms. The predicted molar refractivity (Wildman–Crippen MR) is 120 cm³/mol. The second kappa shape index (κ2) is 13.6. The maximum Gasteiger partial charge on any atom is 0.310 e. The van der Waals surface area contributed by atoms with Gasteiger partial charge in [0.05, 0.1) is 12.5 Å². The standard InChI is InChI=1S/C19H31N5O2.HI/c1-3-26-18(25)16-9-8-14-24(15-16)19(20-2)23-13-7-6-12-22-17-10-4-5-11-21-17;/h4-5,10-11,16H,3,6-9,12-15H2,1-2H3,(H,20,23)(H,21,22);1H. The first kappa shape index (κ1) is 23.5. The van der Waals surface area contributed by atoms with Crippen molar-refractivity contribution in [3.05, 3.63) is 24.4 Å². The number of esters is 1. The summed E-state index contributed by atoms with van der Waals surface area (Å²) in [6.45, 7) is 5.65. The highest BCUT2D eigenvalue weighted by Gasteiger charge is 2.28. The van der Waals surface area contributed by atoms with Crippen molar-refractivity contribution in [3.63, 3.8) is 0 Å². The molecule has 0 aliphatic carbocycles. The number of nitrogens with one attached hydrogen (secondary N) is 2. The third-order valence-electron chi connectivity index (χ3n) is 4.41. The zero-order chi connectivity index (χ0) is 18.6. The number of aromatic nitrogens is 1. The Morgan fingerprint density at radius 3 is 2.89 bits per heavy atom. The summed E-state index contributed by atoms with van der Waals surface area (Å²) in [6, 6.07) is 5.85. The summed E-state index contributed by atoms with van der Waals surface area (Å²) in [7, 11) is 1.79. The first-order chi connectivity index (χ1) is 12.7. The molecule has 8 heteroatoms. The Bertz CT molecular complexity index is 570. The van der Waals surface area contributed by atoms with Gasteiger partial charge in [-0.1, -0.05) is 6.07 Å². The fourth-order valence-corrected chi connectivity index (χ4v) is 3.09. The molecule has 152 valence electrons. The summed E-state index contributed by atoms with van der Waals surface area (Å²) in [5, 5.41) is 6.72. The van der Waals surface area contributed by atoms with Crippen molar-refractivity contribution in [2.24, 2.45) is 10.9 Å². The molecule has 1 saturated heterocycles. The zero-order valence-corrected chi connectivity index (χ0v) is 18.6. The molecule has 0 spiro atoms. The van der Waals surface area contributed by atoms with E-state index in [1.54, 1.807) is 13.2 Å². The van der Waals surface area contributed by atoms with Gasteiger partial charge in [0.2, 0.25) is 0 Å². The van der Waals surface area contributed by atoms with Gasteiger partial charge in [-0.3, -0.25) is 9.79 Å². The Labute approximate surface area is 179 Å². The molecule has 1 atom stereocenters. The molecule has 1 aliphatic heterocycles. The lowest BCUT2D eigenvalue weighted by Crippen LogP contribution is -2.48. The Morgan fingerprint density at radius 2 is 2.19 bits per heavy atom. The highest BCUT2D eigenvalue weighted by molar-refractivity contribution is 14.0. The number of hydrogen-bond acceptors (Lipinski definition) is 5. The van der Waals surface area contributed by atoms with Gasteiger partial charge in [0.25, 0.3) is 0 Å². The number of carbonyl (C=O) groups is 1. The highest BCUT2D eigenvalue weighted by Crippen LogP contribution is 2.18. The minimum Gasteiger partial charge on any atom is -0.466 e. The Morgan fingerprint density at radius 1 is 1.37 bits per heavy atom. The third kappa shape index (κ3) is 8.32. The van der Waals surface area contributed by atoms with Crippen LogP contribution in [-0.4, -0.2) is 61.6 Å². The van der Waals surface area contributed by atoms with Crippen LogP contribution in [0.25, 0.3) is 0 Å². The summed E-state index contributed by atoms with van der Waals surface area (Å²) in [5.74, 6) is 1.64. The van der Waals surface area contributed by atoms with Gasteiger partial charge >= 0.3 is 5.97 Å². The van der Waals surface area contributed by atoms with Crippen LogP contribution in [0, 0.1) is 5.92 Å². The van der Waals surface area contributed by atoms with Crippen LogP contribution in [0.4, 0.5) is 5.82 Å². The number of hydrogen-bond donors (Lipinski definition) is 2. The average Bonchev–Trinajstić information content (AvgIpc) is 2.68. The minimum absolute atomic E-state index is 0. The molecule has 1 aromatic rings. The van der Waals surface area contributed by atoms with Crippen molar-refractivity contribution in [2.75, 3.05) is 45.2 Å². The number of anilines is 1. The van der Waals surface area contributed by atoms with Crippen molar-refractivity contribution in [2.45, 2.75) is 32.6 Å². The molecule has 2 rings (SSSR count). The fourth-order valence-electron chi connectivity index (χ4n) is 3.09. The number of rotatable bonds is 8. The monoisotopic (exact) mass is 489 g/mol. The zero-order valence-electron chi connectivity index (χ0n) is 16.3. The van der Waals surface area contributed by atoms with Crippen molar-refractivity contribution in [1.82, 2.24) is 15.2 Å². The summed E-state index contributed by atoms with van der Waals surface area (Å²) < 4.78 is 5.17. The molecule has 0 amide bonds. The van der Waals surface area contributed by atoms with Crippen molar-refractivity contribution < 1.29 is 9.53 Å². The number of likely N-dealkylation sites (tertiary alicyclic amines) is 1. The van der Waals surface area contributed by atoms with Gasteiger partial charge in [-0.25, -0.2) is 4.98 Å². The van der Waals surface area contributed by atoms with E-state index in [1.807, 2.05) is 25.1 Å². The van der Waals surface area contributed by atoms with E-state index >= 15 is 0 Å². The van der Waals surface area contributed by atoms with Gasteiger partial charge in [-0.05, 0) is 44.7 Å². The second-order valence-electron chi connectivity index (χ2n) is 6.36. The lowest BCUT2D eigenvalue weighted by atomic mass is 9.98. The SMILES string of the molecule is CCOC(=O)C1CCCN(C(=NC)NCCCCNc2ccccn2)C1.I. The molecule has 2 heterocycles. The number of pyridine rings is 1. The molecule has 7 nitrogen and oxygen atoms in total. The van der Waals surface area contributed by atoms with Crippen molar-refractivity contribution in [1.29, 1.82) is 0 Å². The maximum absolute atomic E-state index is 12.0. The number of nitrogens with zero attached hydrogens (tertiary/aromatic N) is 3. The van der Waals surface area contributed by atoms with E-state index < -0.39 is 0 Å².